The van der Waals surface area contributed by atoms with Crippen LogP contribution in [0.1, 0.15) is 19.3 Å². The van der Waals surface area contributed by atoms with E-state index in [9.17, 15) is 34.9 Å². The zero-order chi connectivity index (χ0) is 14.3. The molecule has 0 aromatic heterocycles. The minimum absolute atomic E-state index is 0. The summed E-state index contributed by atoms with van der Waals surface area (Å²) < 4.78 is 94.0. The van der Waals surface area contributed by atoms with Crippen LogP contribution in [0.4, 0.5) is 22.0 Å². The van der Waals surface area contributed by atoms with Crippen LogP contribution >= 0.6 is 0 Å². The Morgan fingerprint density at radius 1 is 0.947 bits per heavy atom. The predicted molar refractivity (Wildman–Crippen MR) is 54.0 cm³/mol. The predicted octanol–water partition coefficient (Wildman–Crippen LogP) is -0.972. The van der Waals surface area contributed by atoms with Crippen molar-refractivity contribution in [2.45, 2.75) is 43.9 Å². The summed E-state index contributed by atoms with van der Waals surface area (Å²) in [6.07, 6.45) is -11.8. The molecule has 0 aromatic carbocycles. The topological polar surface area (TPSA) is 57.2 Å². The molecule has 0 rings (SSSR count). The molecular formula is C9H14F5NaO3S. The quantitative estimate of drug-likeness (QED) is 0.238. The summed E-state index contributed by atoms with van der Waals surface area (Å²) in [6, 6.07) is 0. The number of hydrogen-bond acceptors (Lipinski definition) is 3. The Bertz CT molecular complexity index is 330. The maximum Gasteiger partial charge on any atom is 1.00 e. The molecule has 0 N–H and O–H groups in total. The van der Waals surface area contributed by atoms with Gasteiger partial charge in [-0.15, -0.1) is 0 Å². The van der Waals surface area contributed by atoms with Crippen LogP contribution in [0.15, 0.2) is 0 Å². The van der Waals surface area contributed by atoms with Crippen LogP contribution in [-0.2, 0) is 10.1 Å². The van der Waals surface area contributed by atoms with Gasteiger partial charge in [-0.2, -0.15) is 0 Å². The second kappa shape index (κ2) is 10.3. The Labute approximate surface area is 131 Å². The van der Waals surface area contributed by atoms with E-state index >= 15 is 0 Å². The van der Waals surface area contributed by atoms with E-state index in [0.717, 1.165) is 0 Å². The molecule has 0 saturated heterocycles. The SMILES string of the molecule is O=S(=O)([O-])CC(F)C(F)C(F)C(F)CCCCF.[Na+]. The van der Waals surface area contributed by atoms with Crippen LogP contribution in [-0.4, -0.2) is 50.1 Å². The number of alkyl halides is 5. The molecule has 0 aliphatic rings. The van der Waals surface area contributed by atoms with Crippen molar-refractivity contribution in [2.75, 3.05) is 12.4 Å². The Morgan fingerprint density at radius 2 is 1.42 bits per heavy atom. The van der Waals surface area contributed by atoms with E-state index in [1.807, 2.05) is 0 Å². The zero-order valence-electron chi connectivity index (χ0n) is 10.4. The molecule has 10 heteroatoms. The van der Waals surface area contributed by atoms with Gasteiger partial charge in [-0.1, -0.05) is 0 Å². The molecule has 19 heavy (non-hydrogen) atoms. The normalized spacial score (nSPS) is 18.2. The van der Waals surface area contributed by atoms with Gasteiger partial charge in [0.15, 0.2) is 12.3 Å². The van der Waals surface area contributed by atoms with Gasteiger partial charge in [0, 0.05) is 0 Å². The number of unbranched alkanes of at least 4 members (excludes halogenated alkanes) is 1. The maximum absolute atomic E-state index is 13.1. The first-order chi connectivity index (χ1) is 8.19. The molecule has 0 fully saturated rings. The number of rotatable bonds is 9. The smallest absolute Gasteiger partial charge is 0.748 e. The Balaban J connectivity index is 0. The molecule has 3 nitrogen and oxygen atoms in total. The van der Waals surface area contributed by atoms with Gasteiger partial charge in [0.05, 0.1) is 22.5 Å². The zero-order valence-corrected chi connectivity index (χ0v) is 13.2. The van der Waals surface area contributed by atoms with Crippen molar-refractivity contribution in [1.29, 1.82) is 0 Å². The number of hydrogen-bond donors (Lipinski definition) is 0. The van der Waals surface area contributed by atoms with E-state index in [1.165, 1.54) is 0 Å². The van der Waals surface area contributed by atoms with Crippen molar-refractivity contribution in [3.63, 3.8) is 0 Å². The van der Waals surface area contributed by atoms with Gasteiger partial charge in [0.2, 0.25) is 0 Å². The van der Waals surface area contributed by atoms with Crippen molar-refractivity contribution in [1.82, 2.24) is 0 Å². The van der Waals surface area contributed by atoms with E-state index < -0.39 is 53.7 Å². The minimum Gasteiger partial charge on any atom is -0.748 e. The molecule has 110 valence electrons. The van der Waals surface area contributed by atoms with Gasteiger partial charge >= 0.3 is 29.6 Å². The molecule has 0 radical (unpaired) electrons. The first kappa shape index (κ1) is 21.9. The van der Waals surface area contributed by atoms with Gasteiger partial charge in [-0.25, -0.2) is 26.0 Å². The molecule has 0 aliphatic heterocycles. The first-order valence-electron chi connectivity index (χ1n) is 5.25. The Hall–Kier alpha value is 0.560. The number of halogens is 5. The summed E-state index contributed by atoms with van der Waals surface area (Å²) in [7, 11) is -5.05. The second-order valence-corrected chi connectivity index (χ2v) is 5.28. The largest absolute Gasteiger partial charge is 1.00 e. The van der Waals surface area contributed by atoms with Crippen LogP contribution in [0.2, 0.25) is 0 Å². The van der Waals surface area contributed by atoms with E-state index in [-0.39, 0.29) is 42.4 Å². The van der Waals surface area contributed by atoms with Gasteiger partial charge in [-0.05, 0) is 19.3 Å². The van der Waals surface area contributed by atoms with Crippen LogP contribution < -0.4 is 29.6 Å². The summed E-state index contributed by atoms with van der Waals surface area (Å²) in [5.74, 6) is -1.74. The molecule has 0 aromatic rings. The van der Waals surface area contributed by atoms with E-state index in [0.29, 0.717) is 0 Å². The summed E-state index contributed by atoms with van der Waals surface area (Å²) in [6.45, 7) is -0.733. The molecule has 0 aliphatic carbocycles. The third-order valence-corrected chi connectivity index (χ3v) is 2.95. The van der Waals surface area contributed by atoms with Crippen molar-refractivity contribution in [2.24, 2.45) is 0 Å². The van der Waals surface area contributed by atoms with Crippen molar-refractivity contribution in [3.8, 4) is 0 Å². The third kappa shape index (κ3) is 10.0. The van der Waals surface area contributed by atoms with Crippen LogP contribution in [0.5, 0.6) is 0 Å². The fourth-order valence-electron chi connectivity index (χ4n) is 1.28. The summed E-state index contributed by atoms with van der Waals surface area (Å²) >= 11 is 0. The van der Waals surface area contributed by atoms with E-state index in [4.69, 9.17) is 0 Å². The fraction of sp³-hybridized carbons (Fsp3) is 1.00. The van der Waals surface area contributed by atoms with Gasteiger partial charge in [0.25, 0.3) is 0 Å². The Morgan fingerprint density at radius 3 is 1.84 bits per heavy atom. The maximum atomic E-state index is 13.1. The summed E-state index contributed by atoms with van der Waals surface area (Å²) in [4.78, 5) is 0. The minimum atomic E-state index is -5.05. The molecule has 0 saturated carbocycles. The van der Waals surface area contributed by atoms with Gasteiger partial charge < -0.3 is 4.55 Å². The van der Waals surface area contributed by atoms with Crippen LogP contribution in [0, 0.1) is 0 Å². The van der Waals surface area contributed by atoms with Crippen LogP contribution in [0.3, 0.4) is 0 Å². The monoisotopic (exact) mass is 320 g/mol. The second-order valence-electron chi connectivity index (χ2n) is 3.83. The molecule has 0 amide bonds. The van der Waals surface area contributed by atoms with Crippen molar-refractivity contribution < 1.29 is 64.5 Å². The van der Waals surface area contributed by atoms with Crippen molar-refractivity contribution in [3.05, 3.63) is 0 Å². The summed E-state index contributed by atoms with van der Waals surface area (Å²) in [5, 5.41) is 0. The van der Waals surface area contributed by atoms with Gasteiger partial charge in [0.1, 0.15) is 12.3 Å². The molecule has 0 heterocycles. The Kier molecular flexibility index (Phi) is 11.9. The van der Waals surface area contributed by atoms with E-state index in [2.05, 4.69) is 0 Å². The molecule has 0 spiro atoms. The van der Waals surface area contributed by atoms with Crippen molar-refractivity contribution >= 4 is 10.1 Å². The van der Waals surface area contributed by atoms with E-state index in [1.54, 1.807) is 0 Å². The average molecular weight is 320 g/mol. The third-order valence-electron chi connectivity index (χ3n) is 2.22. The molecule has 0 bridgehead atoms. The summed E-state index contributed by atoms with van der Waals surface area (Å²) in [5.41, 5.74) is 0. The molecule has 4 atom stereocenters. The average Bonchev–Trinajstić information content (AvgIpc) is 2.24. The van der Waals surface area contributed by atoms with Gasteiger partial charge in [-0.3, -0.25) is 4.39 Å². The first-order valence-corrected chi connectivity index (χ1v) is 6.82. The standard InChI is InChI=1S/C9H15F5O3S.Na/c10-4-2-1-3-6(11)8(13)9(14)7(12)5-18(15,16)17;/h6-9H,1-5H2,(H,15,16,17);/q;+1/p-1. The van der Waals surface area contributed by atoms with Crippen LogP contribution in [0.25, 0.3) is 0 Å². The molecular weight excluding hydrogens is 306 g/mol. The fourth-order valence-corrected chi connectivity index (χ4v) is 1.85. The molecule has 4 unspecified atom stereocenters.